The summed E-state index contributed by atoms with van der Waals surface area (Å²) >= 11 is 5.00. The molecule has 0 atom stereocenters. The van der Waals surface area contributed by atoms with Crippen LogP contribution in [-0.4, -0.2) is 30.2 Å². The predicted octanol–water partition coefficient (Wildman–Crippen LogP) is 0.899. The van der Waals surface area contributed by atoms with E-state index in [0.717, 1.165) is 5.69 Å². The molecule has 0 saturated carbocycles. The fourth-order valence-corrected chi connectivity index (χ4v) is 1.81. The number of rotatable bonds is 3. The van der Waals surface area contributed by atoms with E-state index in [1.807, 2.05) is 6.92 Å². The Labute approximate surface area is 82.5 Å². The van der Waals surface area contributed by atoms with Crippen LogP contribution in [0.3, 0.4) is 0 Å². The number of aromatic nitrogens is 2. The maximum atomic E-state index is 10.9. The summed E-state index contributed by atoms with van der Waals surface area (Å²) in [5.41, 5.74) is 0.943. The lowest BCUT2D eigenvalue weighted by Gasteiger charge is -2.00. The number of H-pyrrole nitrogens is 1. The second-order valence-corrected chi connectivity index (χ2v) is 5.74. The molecule has 6 heteroatoms. The molecule has 0 amide bonds. The average molecular weight is 220 g/mol. The number of sulfone groups is 1. The molecule has 4 nitrogen and oxygen atoms in total. The van der Waals surface area contributed by atoms with E-state index in [4.69, 9.17) is 12.2 Å². The molecule has 0 aliphatic carbocycles. The molecule has 0 spiro atoms. The van der Waals surface area contributed by atoms with E-state index >= 15 is 0 Å². The normalized spacial score (nSPS) is 11.8. The van der Waals surface area contributed by atoms with Crippen LogP contribution < -0.4 is 0 Å². The molecule has 0 aliphatic rings. The van der Waals surface area contributed by atoms with Crippen molar-refractivity contribution >= 4 is 22.1 Å². The largest absolute Gasteiger partial charge is 0.302 e. The van der Waals surface area contributed by atoms with Crippen molar-refractivity contribution in [1.82, 2.24) is 9.78 Å². The Hall–Kier alpha value is -0.620. The minimum atomic E-state index is -2.92. The monoisotopic (exact) mass is 220 g/mol. The van der Waals surface area contributed by atoms with Crippen molar-refractivity contribution in [3.63, 3.8) is 0 Å². The maximum absolute atomic E-state index is 10.9. The zero-order valence-corrected chi connectivity index (χ0v) is 9.20. The summed E-state index contributed by atoms with van der Waals surface area (Å²) < 4.78 is 24.0. The van der Waals surface area contributed by atoms with Gasteiger partial charge >= 0.3 is 0 Å². The summed E-state index contributed by atoms with van der Waals surface area (Å²) in [6.45, 7) is 2.28. The molecule has 1 heterocycles. The summed E-state index contributed by atoms with van der Waals surface area (Å²) in [4.78, 5) is 0. The van der Waals surface area contributed by atoms with Gasteiger partial charge in [0.15, 0.2) is 0 Å². The lowest BCUT2D eigenvalue weighted by atomic mass is 10.5. The number of nitrogens with one attached hydrogen (secondary N) is 1. The van der Waals surface area contributed by atoms with Gasteiger partial charge in [0, 0.05) is 11.9 Å². The molecule has 1 aromatic heterocycles. The first-order valence-electron chi connectivity index (χ1n) is 3.83. The van der Waals surface area contributed by atoms with Crippen LogP contribution in [0.5, 0.6) is 0 Å². The second kappa shape index (κ2) is 3.63. The van der Waals surface area contributed by atoms with Gasteiger partial charge in [-0.1, -0.05) is 12.2 Å². The Balaban J connectivity index is 2.76. The van der Waals surface area contributed by atoms with Gasteiger partial charge in [0.05, 0.1) is 12.3 Å². The van der Waals surface area contributed by atoms with Crippen LogP contribution in [0.4, 0.5) is 0 Å². The zero-order valence-electron chi connectivity index (χ0n) is 7.57. The lowest BCUT2D eigenvalue weighted by Crippen LogP contribution is -2.12. The van der Waals surface area contributed by atoms with Crippen LogP contribution in [0.2, 0.25) is 0 Å². The number of hydrogen-bond acceptors (Lipinski definition) is 3. The number of nitrogens with zero attached hydrogens (tertiary/aromatic N) is 1. The summed E-state index contributed by atoms with van der Waals surface area (Å²) in [7, 11) is -2.92. The van der Waals surface area contributed by atoms with Gasteiger partial charge in [-0.2, -0.15) is 0 Å². The molecule has 0 aliphatic heterocycles. The van der Waals surface area contributed by atoms with Gasteiger partial charge in [0.2, 0.25) is 0 Å². The molecule has 1 rings (SSSR count). The van der Waals surface area contributed by atoms with Crippen molar-refractivity contribution in [2.75, 3.05) is 12.0 Å². The highest BCUT2D eigenvalue weighted by Crippen LogP contribution is 1.98. The number of aryl methyl sites for hydroxylation is 2. The minimum absolute atomic E-state index is 0.112. The van der Waals surface area contributed by atoms with Crippen molar-refractivity contribution in [1.29, 1.82) is 0 Å². The van der Waals surface area contributed by atoms with Gasteiger partial charge in [-0.05, 0) is 13.0 Å². The maximum Gasteiger partial charge on any atom is 0.149 e. The summed E-state index contributed by atoms with van der Waals surface area (Å²) in [6, 6.07) is 1.80. The number of aromatic amines is 1. The second-order valence-electron chi connectivity index (χ2n) is 3.06. The van der Waals surface area contributed by atoms with Crippen LogP contribution in [0.1, 0.15) is 5.69 Å². The lowest BCUT2D eigenvalue weighted by molar-refractivity contribution is 0.583. The van der Waals surface area contributed by atoms with E-state index in [1.165, 1.54) is 6.26 Å². The third kappa shape index (κ3) is 3.31. The van der Waals surface area contributed by atoms with Crippen LogP contribution in [0.15, 0.2) is 6.07 Å². The fraction of sp³-hybridized carbons (Fsp3) is 0.571. The minimum Gasteiger partial charge on any atom is -0.302 e. The quantitative estimate of drug-likeness (QED) is 0.770. The molecule has 74 valence electrons. The van der Waals surface area contributed by atoms with Crippen molar-refractivity contribution in [3.8, 4) is 0 Å². The van der Waals surface area contributed by atoms with Crippen molar-refractivity contribution < 1.29 is 8.42 Å². The molecule has 0 radical (unpaired) electrons. The predicted molar refractivity (Wildman–Crippen MR) is 54.1 cm³/mol. The highest BCUT2D eigenvalue weighted by molar-refractivity contribution is 7.90. The Morgan fingerprint density at radius 1 is 1.62 bits per heavy atom. The molecule has 0 bridgehead atoms. The molecule has 1 N–H and O–H groups in total. The van der Waals surface area contributed by atoms with E-state index in [0.29, 0.717) is 11.2 Å². The topological polar surface area (TPSA) is 54.9 Å². The van der Waals surface area contributed by atoms with E-state index < -0.39 is 9.84 Å². The van der Waals surface area contributed by atoms with Gasteiger partial charge < -0.3 is 5.10 Å². The van der Waals surface area contributed by atoms with E-state index in [9.17, 15) is 8.42 Å². The average Bonchev–Trinajstić information content (AvgIpc) is 2.24. The third-order valence-electron chi connectivity index (χ3n) is 1.60. The van der Waals surface area contributed by atoms with Gasteiger partial charge in [-0.25, -0.2) is 8.42 Å². The molecule has 0 aromatic carbocycles. The molecule has 1 aromatic rings. The van der Waals surface area contributed by atoms with Crippen LogP contribution >= 0.6 is 12.2 Å². The van der Waals surface area contributed by atoms with Gasteiger partial charge in [0.1, 0.15) is 14.5 Å². The zero-order chi connectivity index (χ0) is 10.1. The Kier molecular flexibility index (Phi) is 2.92. The summed E-state index contributed by atoms with van der Waals surface area (Å²) in [5.74, 6) is 0.112. The van der Waals surface area contributed by atoms with Crippen molar-refractivity contribution in [2.45, 2.75) is 13.5 Å². The van der Waals surface area contributed by atoms with Crippen molar-refractivity contribution in [2.24, 2.45) is 0 Å². The Bertz CT molecular complexity index is 441. The highest BCUT2D eigenvalue weighted by Gasteiger charge is 2.03. The van der Waals surface area contributed by atoms with E-state index in [1.54, 1.807) is 10.7 Å². The molecule has 0 fully saturated rings. The highest BCUT2D eigenvalue weighted by atomic mass is 32.2. The van der Waals surface area contributed by atoms with Gasteiger partial charge in [-0.15, -0.1) is 0 Å². The Morgan fingerprint density at radius 2 is 2.23 bits per heavy atom. The van der Waals surface area contributed by atoms with Crippen LogP contribution in [0.25, 0.3) is 0 Å². The Morgan fingerprint density at radius 3 is 2.62 bits per heavy atom. The van der Waals surface area contributed by atoms with Gasteiger partial charge in [0.25, 0.3) is 0 Å². The summed E-state index contributed by atoms with van der Waals surface area (Å²) in [6.07, 6.45) is 1.21. The first-order chi connectivity index (χ1) is 5.88. The first kappa shape index (κ1) is 10.5. The SMILES string of the molecule is Cc1cc(=S)n(CCS(C)(=O)=O)[nH]1. The molecule has 13 heavy (non-hydrogen) atoms. The molecular formula is C7H12N2O2S2. The van der Waals surface area contributed by atoms with Crippen LogP contribution in [0, 0.1) is 11.6 Å². The molecular weight excluding hydrogens is 208 g/mol. The third-order valence-corrected chi connectivity index (χ3v) is 2.87. The van der Waals surface area contributed by atoms with Gasteiger partial charge in [-0.3, -0.25) is 4.68 Å². The van der Waals surface area contributed by atoms with E-state index in [2.05, 4.69) is 5.10 Å². The molecule has 0 saturated heterocycles. The van der Waals surface area contributed by atoms with Crippen molar-refractivity contribution in [3.05, 3.63) is 16.4 Å². The molecule has 0 unspecified atom stereocenters. The standard InChI is InChI=1S/C7H12N2O2S2/c1-6-5-7(12)9(8-6)3-4-13(2,10)11/h5,8H,3-4H2,1-2H3. The number of hydrogen-bond donors (Lipinski definition) is 1. The first-order valence-corrected chi connectivity index (χ1v) is 6.29. The van der Waals surface area contributed by atoms with Crippen LogP contribution in [-0.2, 0) is 16.4 Å². The smallest absolute Gasteiger partial charge is 0.149 e. The van der Waals surface area contributed by atoms with E-state index in [-0.39, 0.29) is 5.75 Å². The summed E-state index contributed by atoms with van der Waals surface area (Å²) in [5, 5.41) is 2.96. The fourth-order valence-electron chi connectivity index (χ4n) is 0.987.